The second kappa shape index (κ2) is 6.74. The number of nitrogens with one attached hydrogen (secondary N) is 1. The van der Waals surface area contributed by atoms with Crippen molar-refractivity contribution in [2.24, 2.45) is 11.8 Å². The molecule has 0 aromatic carbocycles. The molecule has 1 fully saturated rings. The monoisotopic (exact) mass is 229 g/mol. The van der Waals surface area contributed by atoms with Gasteiger partial charge in [-0.25, -0.2) is 4.79 Å². The number of hydrogen-bond acceptors (Lipinski definition) is 3. The Labute approximate surface area is 97.4 Å². The first-order chi connectivity index (χ1) is 7.58. The molecule has 0 atom stereocenters. The Kier molecular flexibility index (Phi) is 5.60. The molecule has 0 aromatic rings. The van der Waals surface area contributed by atoms with Gasteiger partial charge < -0.3 is 15.2 Å². The average molecular weight is 229 g/mol. The number of hydrogen-bond donors (Lipinski definition) is 2. The normalized spacial score (nSPS) is 25.5. The summed E-state index contributed by atoms with van der Waals surface area (Å²) in [5.41, 5.74) is 0. The molecule has 0 heterocycles. The molecule has 0 aliphatic heterocycles. The van der Waals surface area contributed by atoms with Gasteiger partial charge in [0, 0.05) is 6.54 Å². The lowest BCUT2D eigenvalue weighted by molar-refractivity contribution is 0.104. The molecule has 0 bridgehead atoms. The van der Waals surface area contributed by atoms with E-state index in [4.69, 9.17) is 4.74 Å². The van der Waals surface area contributed by atoms with Gasteiger partial charge in [-0.05, 0) is 37.5 Å². The second-order valence-corrected chi connectivity index (χ2v) is 5.05. The topological polar surface area (TPSA) is 58.6 Å². The smallest absolute Gasteiger partial charge is 0.407 e. The van der Waals surface area contributed by atoms with Crippen LogP contribution in [-0.2, 0) is 4.74 Å². The van der Waals surface area contributed by atoms with Crippen LogP contribution in [0.4, 0.5) is 4.79 Å². The summed E-state index contributed by atoms with van der Waals surface area (Å²) in [5.74, 6) is 0.866. The fourth-order valence-corrected chi connectivity index (χ4v) is 1.87. The maximum atomic E-state index is 11.3. The molecule has 94 valence electrons. The average Bonchev–Trinajstić information content (AvgIpc) is 2.25. The standard InChI is InChI=1S/C12H23NO3/c1-9(2)8-16-12(15)13-7-10-3-5-11(14)6-4-10/h9-11,14H,3-8H2,1-2H3,(H,13,15). The predicted octanol–water partition coefficient (Wildman–Crippen LogP) is 1.92. The number of ether oxygens (including phenoxy) is 1. The Hall–Kier alpha value is -0.770. The number of carbonyl (C=O) groups is 1. The third-order valence-corrected chi connectivity index (χ3v) is 2.90. The molecule has 4 nitrogen and oxygen atoms in total. The zero-order valence-corrected chi connectivity index (χ0v) is 10.2. The summed E-state index contributed by atoms with van der Waals surface area (Å²) in [5, 5.41) is 12.1. The van der Waals surface area contributed by atoms with Crippen LogP contribution < -0.4 is 5.32 Å². The van der Waals surface area contributed by atoms with Gasteiger partial charge >= 0.3 is 6.09 Å². The maximum absolute atomic E-state index is 11.3. The number of aliphatic hydroxyl groups is 1. The predicted molar refractivity (Wildman–Crippen MR) is 62.2 cm³/mol. The van der Waals surface area contributed by atoms with E-state index in [1.807, 2.05) is 13.8 Å². The van der Waals surface area contributed by atoms with E-state index < -0.39 is 0 Å². The molecule has 0 aromatic heterocycles. The maximum Gasteiger partial charge on any atom is 0.407 e. The highest BCUT2D eigenvalue weighted by molar-refractivity contribution is 5.67. The third kappa shape index (κ3) is 5.35. The number of alkyl carbamates (subject to hydrolysis) is 1. The van der Waals surface area contributed by atoms with Crippen LogP contribution in [-0.4, -0.2) is 30.5 Å². The van der Waals surface area contributed by atoms with Crippen molar-refractivity contribution in [2.75, 3.05) is 13.2 Å². The minimum atomic E-state index is -0.320. The van der Waals surface area contributed by atoms with Gasteiger partial charge in [0.05, 0.1) is 12.7 Å². The van der Waals surface area contributed by atoms with E-state index in [0.717, 1.165) is 25.7 Å². The van der Waals surface area contributed by atoms with Crippen LogP contribution in [0.3, 0.4) is 0 Å². The molecular weight excluding hydrogens is 206 g/mol. The molecular formula is C12H23NO3. The summed E-state index contributed by atoms with van der Waals surface area (Å²) in [6, 6.07) is 0. The summed E-state index contributed by atoms with van der Waals surface area (Å²) < 4.78 is 5.02. The van der Waals surface area contributed by atoms with Crippen molar-refractivity contribution in [1.82, 2.24) is 5.32 Å². The highest BCUT2D eigenvalue weighted by Crippen LogP contribution is 2.23. The molecule has 1 aliphatic rings. The fourth-order valence-electron chi connectivity index (χ4n) is 1.87. The van der Waals surface area contributed by atoms with Crippen LogP contribution in [0.25, 0.3) is 0 Å². The van der Waals surface area contributed by atoms with Crippen molar-refractivity contribution in [3.8, 4) is 0 Å². The quantitative estimate of drug-likeness (QED) is 0.774. The highest BCUT2D eigenvalue weighted by Gasteiger charge is 2.19. The van der Waals surface area contributed by atoms with Gasteiger partial charge in [-0.15, -0.1) is 0 Å². The first-order valence-corrected chi connectivity index (χ1v) is 6.16. The molecule has 2 N–H and O–H groups in total. The van der Waals surface area contributed by atoms with Crippen LogP contribution in [0.5, 0.6) is 0 Å². The molecule has 4 heteroatoms. The van der Waals surface area contributed by atoms with Crippen molar-refractivity contribution in [1.29, 1.82) is 0 Å². The number of carbonyl (C=O) groups excluding carboxylic acids is 1. The molecule has 1 aliphatic carbocycles. The lowest BCUT2D eigenvalue weighted by Crippen LogP contribution is -2.33. The Morgan fingerprint density at radius 2 is 2.00 bits per heavy atom. The molecule has 0 radical (unpaired) electrons. The largest absolute Gasteiger partial charge is 0.449 e. The molecule has 0 unspecified atom stereocenters. The van der Waals surface area contributed by atoms with Gasteiger partial charge in [-0.1, -0.05) is 13.8 Å². The Morgan fingerprint density at radius 3 is 2.56 bits per heavy atom. The van der Waals surface area contributed by atoms with Gasteiger partial charge in [0.1, 0.15) is 0 Å². The molecule has 1 amide bonds. The zero-order chi connectivity index (χ0) is 12.0. The Balaban J connectivity index is 2.07. The minimum absolute atomic E-state index is 0.135. The van der Waals surface area contributed by atoms with Gasteiger partial charge in [0.25, 0.3) is 0 Å². The van der Waals surface area contributed by atoms with Crippen molar-refractivity contribution in [2.45, 2.75) is 45.6 Å². The SMILES string of the molecule is CC(C)COC(=O)NCC1CCC(O)CC1. The van der Waals surface area contributed by atoms with Gasteiger partial charge in [-0.3, -0.25) is 0 Å². The highest BCUT2D eigenvalue weighted by atomic mass is 16.5. The lowest BCUT2D eigenvalue weighted by atomic mass is 9.87. The van der Waals surface area contributed by atoms with Gasteiger partial charge in [-0.2, -0.15) is 0 Å². The van der Waals surface area contributed by atoms with E-state index in [1.165, 1.54) is 0 Å². The van der Waals surface area contributed by atoms with E-state index in [1.54, 1.807) is 0 Å². The number of amides is 1. The van der Waals surface area contributed by atoms with Crippen LogP contribution in [0.2, 0.25) is 0 Å². The van der Waals surface area contributed by atoms with Gasteiger partial charge in [0.15, 0.2) is 0 Å². The summed E-state index contributed by atoms with van der Waals surface area (Å²) in [7, 11) is 0. The van der Waals surface area contributed by atoms with E-state index in [0.29, 0.717) is 25.0 Å². The van der Waals surface area contributed by atoms with Crippen LogP contribution in [0.15, 0.2) is 0 Å². The molecule has 0 spiro atoms. The summed E-state index contributed by atoms with van der Waals surface area (Å²) in [6.07, 6.45) is 3.24. The summed E-state index contributed by atoms with van der Waals surface area (Å²) in [6.45, 7) is 5.16. The summed E-state index contributed by atoms with van der Waals surface area (Å²) >= 11 is 0. The summed E-state index contributed by atoms with van der Waals surface area (Å²) in [4.78, 5) is 11.3. The molecule has 1 saturated carbocycles. The van der Waals surface area contributed by atoms with Crippen molar-refractivity contribution in [3.05, 3.63) is 0 Å². The first-order valence-electron chi connectivity index (χ1n) is 6.16. The number of rotatable bonds is 4. The third-order valence-electron chi connectivity index (χ3n) is 2.90. The van der Waals surface area contributed by atoms with Gasteiger partial charge in [0.2, 0.25) is 0 Å². The van der Waals surface area contributed by atoms with E-state index in [-0.39, 0.29) is 12.2 Å². The van der Waals surface area contributed by atoms with Crippen molar-refractivity contribution in [3.63, 3.8) is 0 Å². The first kappa shape index (κ1) is 13.3. The number of aliphatic hydroxyl groups excluding tert-OH is 1. The zero-order valence-electron chi connectivity index (χ0n) is 10.2. The van der Waals surface area contributed by atoms with Crippen LogP contribution in [0.1, 0.15) is 39.5 Å². The molecule has 1 rings (SSSR count). The Bertz CT molecular complexity index is 210. The second-order valence-electron chi connectivity index (χ2n) is 5.05. The lowest BCUT2D eigenvalue weighted by Gasteiger charge is -2.25. The van der Waals surface area contributed by atoms with Crippen molar-refractivity contribution >= 4 is 6.09 Å². The van der Waals surface area contributed by atoms with Crippen LogP contribution >= 0.6 is 0 Å². The van der Waals surface area contributed by atoms with E-state index in [2.05, 4.69) is 5.32 Å². The Morgan fingerprint density at radius 1 is 1.38 bits per heavy atom. The minimum Gasteiger partial charge on any atom is -0.449 e. The van der Waals surface area contributed by atoms with E-state index in [9.17, 15) is 9.90 Å². The van der Waals surface area contributed by atoms with Crippen LogP contribution in [0, 0.1) is 11.8 Å². The van der Waals surface area contributed by atoms with Crippen molar-refractivity contribution < 1.29 is 14.6 Å². The van der Waals surface area contributed by atoms with E-state index >= 15 is 0 Å². The molecule has 16 heavy (non-hydrogen) atoms. The fraction of sp³-hybridized carbons (Fsp3) is 0.917. The molecule has 0 saturated heterocycles.